The van der Waals surface area contributed by atoms with Gasteiger partial charge < -0.3 is 5.32 Å². The number of hydrogen-bond donors (Lipinski definition) is 1. The van der Waals surface area contributed by atoms with Crippen LogP contribution in [0.3, 0.4) is 0 Å². The number of azo groups is 1. The van der Waals surface area contributed by atoms with Crippen molar-refractivity contribution in [2.75, 3.05) is 5.32 Å². The second-order valence-corrected chi connectivity index (χ2v) is 7.01. The summed E-state index contributed by atoms with van der Waals surface area (Å²) >= 11 is 0. The van der Waals surface area contributed by atoms with Gasteiger partial charge in [-0.1, -0.05) is 18.2 Å². The van der Waals surface area contributed by atoms with Crippen molar-refractivity contribution in [3.63, 3.8) is 0 Å². The fraction of sp³-hybridized carbons (Fsp3) is 0.217. The Morgan fingerprint density at radius 2 is 1.54 bits per heavy atom. The zero-order valence-electron chi connectivity index (χ0n) is 15.7. The summed E-state index contributed by atoms with van der Waals surface area (Å²) in [4.78, 5) is 12.4. The lowest BCUT2D eigenvalue weighted by molar-refractivity contribution is -0.684. The lowest BCUT2D eigenvalue weighted by Gasteiger charge is -2.13. The predicted molar refractivity (Wildman–Crippen MR) is 109 cm³/mol. The first-order valence-corrected chi connectivity index (χ1v) is 9.64. The molecule has 1 N–H and O–H groups in total. The van der Waals surface area contributed by atoms with Crippen LogP contribution in [0.15, 0.2) is 83.3 Å². The molecule has 28 heavy (non-hydrogen) atoms. The molecule has 1 amide bonds. The summed E-state index contributed by atoms with van der Waals surface area (Å²) in [6.07, 6.45) is 8.86. The molecule has 2 aromatic carbocycles. The maximum absolute atomic E-state index is 12.4. The standard InChI is InChI=1S/C23H22N4O/c28-23(17-27-15-14-18-6-4-5-7-19(18)16-27)24-20-10-12-22(13-11-20)26-25-21-8-2-1-3-9-21/h1-3,8-16H,4-7,17H2/p+1. The second-order valence-electron chi connectivity index (χ2n) is 7.01. The number of anilines is 1. The number of nitrogens with zero attached hydrogens (tertiary/aromatic N) is 3. The van der Waals surface area contributed by atoms with Crippen molar-refractivity contribution >= 4 is 23.0 Å². The van der Waals surface area contributed by atoms with Gasteiger partial charge in [0.25, 0.3) is 5.91 Å². The van der Waals surface area contributed by atoms with Gasteiger partial charge in [-0.15, -0.1) is 0 Å². The molecule has 0 aliphatic heterocycles. The molecule has 0 saturated heterocycles. The van der Waals surface area contributed by atoms with Crippen molar-refractivity contribution in [2.45, 2.75) is 32.2 Å². The molecule has 0 bridgehead atoms. The number of pyridine rings is 1. The normalized spacial score (nSPS) is 13.3. The minimum atomic E-state index is -0.0422. The molecule has 3 aromatic rings. The van der Waals surface area contributed by atoms with Crippen molar-refractivity contribution < 1.29 is 9.36 Å². The number of amides is 1. The van der Waals surface area contributed by atoms with Crippen LogP contribution in [0.25, 0.3) is 0 Å². The maximum Gasteiger partial charge on any atom is 0.290 e. The van der Waals surface area contributed by atoms with Crippen LogP contribution in [0.1, 0.15) is 24.0 Å². The van der Waals surface area contributed by atoms with Gasteiger partial charge in [0.05, 0.1) is 11.4 Å². The number of carbonyl (C=O) groups is 1. The Morgan fingerprint density at radius 3 is 2.29 bits per heavy atom. The molecule has 0 spiro atoms. The smallest absolute Gasteiger partial charge is 0.290 e. The van der Waals surface area contributed by atoms with Gasteiger partial charge in [-0.3, -0.25) is 4.79 Å². The van der Waals surface area contributed by atoms with Crippen LogP contribution >= 0.6 is 0 Å². The summed E-state index contributed by atoms with van der Waals surface area (Å²) in [6, 6.07) is 19.1. The van der Waals surface area contributed by atoms with E-state index in [2.05, 4.69) is 27.8 Å². The highest BCUT2D eigenvalue weighted by atomic mass is 16.1. The number of hydrogen-bond acceptors (Lipinski definition) is 3. The highest BCUT2D eigenvalue weighted by molar-refractivity contribution is 5.89. The molecule has 0 radical (unpaired) electrons. The van der Waals surface area contributed by atoms with E-state index < -0.39 is 0 Å². The summed E-state index contributed by atoms with van der Waals surface area (Å²) in [6.45, 7) is 0.308. The molecule has 0 fully saturated rings. The van der Waals surface area contributed by atoms with Crippen LogP contribution in [0.4, 0.5) is 17.1 Å². The van der Waals surface area contributed by atoms with Crippen LogP contribution < -0.4 is 9.88 Å². The van der Waals surface area contributed by atoms with Gasteiger partial charge in [-0.2, -0.15) is 14.8 Å². The van der Waals surface area contributed by atoms with Crippen molar-refractivity contribution in [1.29, 1.82) is 0 Å². The van der Waals surface area contributed by atoms with Crippen molar-refractivity contribution in [3.05, 3.63) is 84.2 Å². The number of aromatic nitrogens is 1. The van der Waals surface area contributed by atoms with E-state index in [0.717, 1.165) is 29.9 Å². The van der Waals surface area contributed by atoms with E-state index in [9.17, 15) is 4.79 Å². The van der Waals surface area contributed by atoms with Crippen molar-refractivity contribution in [1.82, 2.24) is 0 Å². The molecular formula is C23H23N4O+. The third-order valence-electron chi connectivity index (χ3n) is 4.86. The van der Waals surface area contributed by atoms with Gasteiger partial charge in [0.1, 0.15) is 0 Å². The number of benzene rings is 2. The minimum Gasteiger partial charge on any atom is -0.321 e. The summed E-state index contributed by atoms with van der Waals surface area (Å²) in [5.41, 5.74) is 5.09. The number of nitrogens with one attached hydrogen (secondary N) is 1. The topological polar surface area (TPSA) is 57.7 Å². The average Bonchev–Trinajstić information content (AvgIpc) is 2.74. The van der Waals surface area contributed by atoms with Crippen LogP contribution in [-0.2, 0) is 24.2 Å². The van der Waals surface area contributed by atoms with E-state index in [0.29, 0.717) is 6.54 Å². The highest BCUT2D eigenvalue weighted by Crippen LogP contribution is 2.20. The Labute approximate surface area is 164 Å². The van der Waals surface area contributed by atoms with Crippen LogP contribution in [0, 0.1) is 0 Å². The van der Waals surface area contributed by atoms with Gasteiger partial charge in [0, 0.05) is 17.3 Å². The summed E-state index contributed by atoms with van der Waals surface area (Å²) < 4.78 is 1.96. The van der Waals surface area contributed by atoms with E-state index in [1.54, 1.807) is 0 Å². The lowest BCUT2D eigenvalue weighted by atomic mass is 9.93. The molecule has 5 nitrogen and oxygen atoms in total. The van der Waals surface area contributed by atoms with Gasteiger partial charge in [-0.05, 0) is 67.6 Å². The number of fused-ring (bicyclic) bond motifs is 1. The summed E-state index contributed by atoms with van der Waals surface area (Å²) in [5, 5.41) is 11.3. The minimum absolute atomic E-state index is 0.0422. The number of aryl methyl sites for hydroxylation is 2. The van der Waals surface area contributed by atoms with Crippen molar-refractivity contribution in [3.8, 4) is 0 Å². The first-order valence-electron chi connectivity index (χ1n) is 9.64. The first kappa shape index (κ1) is 18.0. The van der Waals surface area contributed by atoms with Crippen LogP contribution in [0.5, 0.6) is 0 Å². The molecule has 5 heteroatoms. The highest BCUT2D eigenvalue weighted by Gasteiger charge is 2.15. The molecular weight excluding hydrogens is 348 g/mol. The van der Waals surface area contributed by atoms with Gasteiger partial charge in [0.15, 0.2) is 12.4 Å². The SMILES string of the molecule is O=C(C[n+]1ccc2c(c1)CCCC2)Nc1ccc(N=Nc2ccccc2)cc1. The van der Waals surface area contributed by atoms with E-state index in [1.165, 1.54) is 24.0 Å². The zero-order chi connectivity index (χ0) is 19.2. The fourth-order valence-electron chi connectivity index (χ4n) is 3.41. The summed E-state index contributed by atoms with van der Waals surface area (Å²) in [7, 11) is 0. The predicted octanol–water partition coefficient (Wildman–Crippen LogP) is 4.91. The van der Waals surface area contributed by atoms with E-state index in [-0.39, 0.29) is 5.91 Å². The molecule has 1 aliphatic rings. The largest absolute Gasteiger partial charge is 0.321 e. The molecule has 4 rings (SSSR count). The van der Waals surface area contributed by atoms with Gasteiger partial charge in [0.2, 0.25) is 6.54 Å². The third kappa shape index (κ3) is 4.68. The monoisotopic (exact) mass is 371 g/mol. The molecule has 140 valence electrons. The number of carbonyl (C=O) groups excluding carboxylic acids is 1. The van der Waals surface area contributed by atoms with E-state index >= 15 is 0 Å². The average molecular weight is 371 g/mol. The fourth-order valence-corrected chi connectivity index (χ4v) is 3.41. The Kier molecular flexibility index (Phi) is 5.52. The second kappa shape index (κ2) is 8.57. The van der Waals surface area contributed by atoms with Crippen molar-refractivity contribution in [2.24, 2.45) is 10.2 Å². The van der Waals surface area contributed by atoms with Gasteiger partial charge >= 0.3 is 0 Å². The lowest BCUT2D eigenvalue weighted by Crippen LogP contribution is -2.40. The first-order chi connectivity index (χ1) is 13.8. The Bertz CT molecular complexity index is 981. The molecule has 0 saturated carbocycles. The number of rotatable bonds is 5. The Balaban J connectivity index is 1.35. The Morgan fingerprint density at radius 1 is 0.857 bits per heavy atom. The molecule has 1 aliphatic carbocycles. The molecule has 1 heterocycles. The summed E-state index contributed by atoms with van der Waals surface area (Å²) in [5.74, 6) is -0.0422. The van der Waals surface area contributed by atoms with Gasteiger partial charge in [-0.25, -0.2) is 0 Å². The molecule has 0 atom stereocenters. The quantitative estimate of drug-likeness (QED) is 0.503. The van der Waals surface area contributed by atoms with E-state index in [4.69, 9.17) is 0 Å². The zero-order valence-corrected chi connectivity index (χ0v) is 15.7. The third-order valence-corrected chi connectivity index (χ3v) is 4.86. The molecule has 1 aromatic heterocycles. The molecule has 0 unspecified atom stereocenters. The van der Waals surface area contributed by atoms with Crippen LogP contribution in [0.2, 0.25) is 0 Å². The Hall–Kier alpha value is -3.34. The van der Waals surface area contributed by atoms with E-state index in [1.807, 2.05) is 65.4 Å². The maximum atomic E-state index is 12.4. The van der Waals surface area contributed by atoms with Crippen LogP contribution in [-0.4, -0.2) is 5.91 Å².